The Morgan fingerprint density at radius 1 is 1.07 bits per heavy atom. The van der Waals surface area contributed by atoms with Gasteiger partial charge < -0.3 is 16.4 Å². The molecule has 4 N–H and O–H groups in total. The van der Waals surface area contributed by atoms with Crippen LogP contribution in [0.3, 0.4) is 0 Å². The third-order valence-electron chi connectivity index (χ3n) is 3.90. The Kier molecular flexibility index (Phi) is 4.82. The van der Waals surface area contributed by atoms with Crippen LogP contribution in [0, 0.1) is 6.92 Å². The summed E-state index contributed by atoms with van der Waals surface area (Å²) in [6, 6.07) is 1.82. The summed E-state index contributed by atoms with van der Waals surface area (Å²) in [7, 11) is 3.68. The summed E-state index contributed by atoms with van der Waals surface area (Å²) in [6.45, 7) is 1.90. The lowest BCUT2D eigenvalue weighted by Gasteiger charge is -2.07. The van der Waals surface area contributed by atoms with Crippen molar-refractivity contribution in [3.8, 4) is 0 Å². The van der Waals surface area contributed by atoms with Gasteiger partial charge in [0.1, 0.15) is 0 Å². The molecule has 4 rings (SSSR count). The average Bonchev–Trinajstić information content (AvgIpc) is 3.15. The predicted octanol–water partition coefficient (Wildman–Crippen LogP) is 2.29. The summed E-state index contributed by atoms with van der Waals surface area (Å²) in [5.41, 5.74) is 9.54. The minimum atomic E-state index is 0. The van der Waals surface area contributed by atoms with Crippen molar-refractivity contribution >= 4 is 52.3 Å². The summed E-state index contributed by atoms with van der Waals surface area (Å²) in [5, 5.41) is 15.8. The number of aromatic nitrogens is 7. The van der Waals surface area contributed by atoms with Crippen molar-refractivity contribution in [3.05, 3.63) is 36.5 Å². The van der Waals surface area contributed by atoms with E-state index in [9.17, 15) is 0 Å². The molecule has 4 aromatic rings. The summed E-state index contributed by atoms with van der Waals surface area (Å²) in [5.74, 6) is 1.12. The van der Waals surface area contributed by atoms with Crippen LogP contribution in [0.4, 0.5) is 28.8 Å². The largest absolute Gasteiger partial charge is 0.397 e. The number of nitrogen functional groups attached to an aromatic ring is 1. The number of rotatable bonds is 4. The molecule has 27 heavy (non-hydrogen) atoms. The van der Waals surface area contributed by atoms with Gasteiger partial charge in [0.15, 0.2) is 11.5 Å². The normalized spacial score (nSPS) is 10.6. The summed E-state index contributed by atoms with van der Waals surface area (Å²) < 4.78 is 3.40. The van der Waals surface area contributed by atoms with E-state index in [0.29, 0.717) is 23.1 Å². The lowest BCUT2D eigenvalue weighted by Crippen LogP contribution is -1.99. The third-order valence-corrected chi connectivity index (χ3v) is 3.90. The van der Waals surface area contributed by atoms with Gasteiger partial charge in [-0.1, -0.05) is 0 Å². The minimum Gasteiger partial charge on any atom is -0.397 e. The van der Waals surface area contributed by atoms with Gasteiger partial charge in [0, 0.05) is 26.5 Å². The lowest BCUT2D eigenvalue weighted by molar-refractivity contribution is 0.768. The van der Waals surface area contributed by atoms with Crippen molar-refractivity contribution in [2.45, 2.75) is 6.92 Å². The molecule has 0 unspecified atom stereocenters. The van der Waals surface area contributed by atoms with Crippen molar-refractivity contribution in [3.63, 3.8) is 0 Å². The number of hydrogen-bond acceptors (Lipinski definition) is 8. The first-order valence-corrected chi connectivity index (χ1v) is 7.94. The molecule has 0 amide bonds. The first-order valence-electron chi connectivity index (χ1n) is 7.94. The van der Waals surface area contributed by atoms with E-state index in [1.165, 1.54) is 0 Å². The van der Waals surface area contributed by atoms with Gasteiger partial charge >= 0.3 is 0 Å². The number of nitrogens with one attached hydrogen (secondary N) is 2. The highest BCUT2D eigenvalue weighted by atomic mass is 35.5. The highest BCUT2D eigenvalue weighted by Crippen LogP contribution is 2.27. The Bertz CT molecular complexity index is 1100. The van der Waals surface area contributed by atoms with Crippen LogP contribution in [0.1, 0.15) is 5.69 Å². The van der Waals surface area contributed by atoms with Gasteiger partial charge in [0.25, 0.3) is 0 Å². The number of fused-ring (bicyclic) bond motifs is 1. The molecule has 0 aliphatic rings. The molecule has 10 nitrogen and oxygen atoms in total. The molecule has 0 bridgehead atoms. The van der Waals surface area contributed by atoms with Crippen LogP contribution < -0.4 is 16.4 Å². The van der Waals surface area contributed by atoms with Crippen LogP contribution in [-0.2, 0) is 14.1 Å². The van der Waals surface area contributed by atoms with Gasteiger partial charge in [-0.3, -0.25) is 9.67 Å². The van der Waals surface area contributed by atoms with Crippen LogP contribution in [0.2, 0.25) is 0 Å². The third kappa shape index (κ3) is 3.60. The van der Waals surface area contributed by atoms with Crippen LogP contribution >= 0.6 is 12.4 Å². The van der Waals surface area contributed by atoms with Crippen molar-refractivity contribution in [2.75, 3.05) is 16.4 Å². The molecule has 0 fully saturated rings. The second-order valence-corrected chi connectivity index (χ2v) is 5.96. The van der Waals surface area contributed by atoms with Gasteiger partial charge in [0.05, 0.1) is 40.5 Å². The quantitative estimate of drug-likeness (QED) is 0.488. The van der Waals surface area contributed by atoms with E-state index < -0.39 is 0 Å². The highest BCUT2D eigenvalue weighted by Gasteiger charge is 2.13. The topological polar surface area (TPSA) is 124 Å². The number of aryl methyl sites for hydroxylation is 3. The molecule has 0 spiro atoms. The van der Waals surface area contributed by atoms with E-state index in [1.54, 1.807) is 28.0 Å². The molecule has 11 heteroatoms. The molecule has 4 heterocycles. The number of anilines is 5. The number of nitrogens with two attached hydrogens (primary N) is 1. The first kappa shape index (κ1) is 18.4. The van der Waals surface area contributed by atoms with Gasteiger partial charge in [-0.25, -0.2) is 9.67 Å². The highest BCUT2D eigenvalue weighted by molar-refractivity contribution is 5.90. The monoisotopic (exact) mass is 386 g/mol. The molecule has 0 radical (unpaired) electrons. The number of nitrogens with zero attached hydrogens (tertiary/aromatic N) is 7. The Morgan fingerprint density at radius 3 is 2.63 bits per heavy atom. The molecule has 0 aliphatic heterocycles. The van der Waals surface area contributed by atoms with Crippen LogP contribution in [0.25, 0.3) is 11.0 Å². The molecule has 4 aromatic heterocycles. The van der Waals surface area contributed by atoms with Crippen LogP contribution in [-0.4, -0.2) is 34.5 Å². The minimum absolute atomic E-state index is 0. The van der Waals surface area contributed by atoms with E-state index in [4.69, 9.17) is 5.73 Å². The van der Waals surface area contributed by atoms with E-state index in [-0.39, 0.29) is 12.4 Å². The second kappa shape index (κ2) is 7.08. The van der Waals surface area contributed by atoms with E-state index >= 15 is 0 Å². The fraction of sp³-hybridized carbons (Fsp3) is 0.188. The van der Waals surface area contributed by atoms with Gasteiger partial charge in [-0.2, -0.15) is 15.2 Å². The fourth-order valence-electron chi connectivity index (χ4n) is 2.61. The van der Waals surface area contributed by atoms with E-state index in [1.807, 2.05) is 33.3 Å². The van der Waals surface area contributed by atoms with Crippen molar-refractivity contribution in [1.29, 1.82) is 0 Å². The molecular formula is C16H19ClN10. The lowest BCUT2D eigenvalue weighted by atomic mass is 10.3. The molecule has 140 valence electrons. The molecule has 0 saturated carbocycles. The Morgan fingerprint density at radius 2 is 1.89 bits per heavy atom. The van der Waals surface area contributed by atoms with E-state index in [0.717, 1.165) is 22.5 Å². The smallest absolute Gasteiger partial charge is 0.229 e. The zero-order chi connectivity index (χ0) is 18.3. The first-order chi connectivity index (χ1) is 12.5. The van der Waals surface area contributed by atoms with Crippen molar-refractivity contribution in [1.82, 2.24) is 34.5 Å². The predicted molar refractivity (Wildman–Crippen MR) is 107 cm³/mol. The standard InChI is InChI=1S/C16H18N10.ClH/c1-9-13(4-10(17)5-18-9)22-14-12-7-19-16(23-15(12)26(3)24-14)21-11-6-20-25(2)8-11;/h4-8H,17H2,1-3H3,(H,22,24)(H,19,21,23);1H. The van der Waals surface area contributed by atoms with E-state index in [2.05, 4.69) is 35.8 Å². The van der Waals surface area contributed by atoms with Crippen molar-refractivity contribution < 1.29 is 0 Å². The SMILES string of the molecule is Cc1ncc(N)cc1Nc1nn(C)c2nc(Nc3cnn(C)c3)ncc12.Cl. The summed E-state index contributed by atoms with van der Waals surface area (Å²) in [4.78, 5) is 13.2. The van der Waals surface area contributed by atoms with Gasteiger partial charge in [0.2, 0.25) is 5.95 Å². The number of pyridine rings is 1. The zero-order valence-corrected chi connectivity index (χ0v) is 15.8. The second-order valence-electron chi connectivity index (χ2n) is 5.96. The molecule has 0 saturated heterocycles. The average molecular weight is 387 g/mol. The number of halogens is 1. The molecular weight excluding hydrogens is 368 g/mol. The summed E-state index contributed by atoms with van der Waals surface area (Å²) in [6.07, 6.45) is 6.90. The maximum absolute atomic E-state index is 5.83. The summed E-state index contributed by atoms with van der Waals surface area (Å²) >= 11 is 0. The van der Waals surface area contributed by atoms with Gasteiger partial charge in [-0.05, 0) is 13.0 Å². The maximum atomic E-state index is 5.83. The maximum Gasteiger partial charge on any atom is 0.229 e. The molecule has 0 aromatic carbocycles. The van der Waals surface area contributed by atoms with Crippen LogP contribution in [0.5, 0.6) is 0 Å². The number of hydrogen-bond donors (Lipinski definition) is 3. The van der Waals surface area contributed by atoms with Crippen molar-refractivity contribution in [2.24, 2.45) is 14.1 Å². The van der Waals surface area contributed by atoms with Gasteiger partial charge in [-0.15, -0.1) is 12.4 Å². The Labute approximate surface area is 161 Å². The Hall–Kier alpha value is -3.40. The van der Waals surface area contributed by atoms with Crippen LogP contribution in [0.15, 0.2) is 30.9 Å². The zero-order valence-electron chi connectivity index (χ0n) is 15.0. The molecule has 0 aliphatic carbocycles. The molecule has 0 atom stereocenters. The Balaban J connectivity index is 0.00000210. The fourth-order valence-corrected chi connectivity index (χ4v) is 2.61.